The highest BCUT2D eigenvalue weighted by molar-refractivity contribution is 5.75. The zero-order chi connectivity index (χ0) is 22.9. The van der Waals surface area contributed by atoms with Gasteiger partial charge in [-0.1, -0.05) is 19.0 Å². The average molecular weight is 438 g/mol. The normalized spacial score (nSPS) is 11.9. The Balaban J connectivity index is 1.71. The number of hydrogen-bond donors (Lipinski definition) is 1. The molecule has 4 aromatic rings. The number of rotatable bonds is 8. The fourth-order valence-electron chi connectivity index (χ4n) is 3.61. The van der Waals surface area contributed by atoms with Crippen LogP contribution in [-0.2, 0) is 18.7 Å². The van der Waals surface area contributed by atoms with Crippen molar-refractivity contribution < 1.29 is 9.26 Å². The van der Waals surface area contributed by atoms with Crippen LogP contribution in [0.5, 0.6) is 5.75 Å². The molecular weight excluding hydrogens is 412 g/mol. The molecule has 3 aromatic heterocycles. The smallest absolute Gasteiger partial charge is 0.332 e. The molecule has 0 radical (unpaired) electrons. The van der Waals surface area contributed by atoms with Gasteiger partial charge in [0.15, 0.2) is 17.6 Å². The maximum atomic E-state index is 12.9. The van der Waals surface area contributed by atoms with E-state index in [1.165, 1.54) is 10.9 Å². The molecule has 0 aliphatic heterocycles. The predicted octanol–water partition coefficient (Wildman–Crippen LogP) is 3.07. The third kappa shape index (κ3) is 3.83. The molecule has 0 aliphatic rings. The Hall–Kier alpha value is -3.69. The number of ether oxygens (including phenoxy) is 1. The van der Waals surface area contributed by atoms with Gasteiger partial charge in [-0.25, -0.2) is 9.78 Å². The van der Waals surface area contributed by atoms with Gasteiger partial charge in [0.2, 0.25) is 0 Å². The van der Waals surface area contributed by atoms with Crippen LogP contribution >= 0.6 is 0 Å². The molecule has 0 atom stereocenters. The molecule has 1 aromatic carbocycles. The first-order valence-corrected chi connectivity index (χ1v) is 10.7. The van der Waals surface area contributed by atoms with Crippen LogP contribution in [0.3, 0.4) is 0 Å². The monoisotopic (exact) mass is 438 g/mol. The summed E-state index contributed by atoms with van der Waals surface area (Å²) in [6.45, 7) is 8.44. The second-order valence-electron chi connectivity index (χ2n) is 8.06. The summed E-state index contributed by atoms with van der Waals surface area (Å²) in [7, 11) is 0. The van der Waals surface area contributed by atoms with E-state index in [-0.39, 0.29) is 11.2 Å². The number of aromatic nitrogens is 6. The van der Waals surface area contributed by atoms with Gasteiger partial charge in [0, 0.05) is 18.7 Å². The Labute approximate surface area is 183 Å². The summed E-state index contributed by atoms with van der Waals surface area (Å²) in [6.07, 6.45) is 2.77. The van der Waals surface area contributed by atoms with E-state index in [0.717, 1.165) is 12.0 Å². The van der Waals surface area contributed by atoms with Crippen molar-refractivity contribution in [3.8, 4) is 17.1 Å². The molecule has 0 saturated heterocycles. The van der Waals surface area contributed by atoms with Crippen LogP contribution in [0.15, 0.2) is 44.7 Å². The van der Waals surface area contributed by atoms with E-state index in [0.29, 0.717) is 48.1 Å². The molecule has 10 nitrogen and oxygen atoms in total. The van der Waals surface area contributed by atoms with Crippen LogP contribution < -0.4 is 16.0 Å². The summed E-state index contributed by atoms with van der Waals surface area (Å²) >= 11 is 0. The van der Waals surface area contributed by atoms with Crippen molar-refractivity contribution in [2.24, 2.45) is 0 Å². The summed E-state index contributed by atoms with van der Waals surface area (Å²) in [5.41, 5.74) is 0.00998. The molecule has 32 heavy (non-hydrogen) atoms. The zero-order valence-corrected chi connectivity index (χ0v) is 18.6. The van der Waals surface area contributed by atoms with Crippen molar-refractivity contribution in [1.29, 1.82) is 0 Å². The average Bonchev–Trinajstić information content (AvgIpc) is 3.45. The van der Waals surface area contributed by atoms with Crippen LogP contribution in [-0.4, -0.2) is 29.2 Å². The second kappa shape index (κ2) is 8.45. The Bertz CT molecular complexity index is 1330. The number of benzene rings is 1. The molecule has 0 fully saturated rings. The Kier molecular flexibility index (Phi) is 5.68. The van der Waals surface area contributed by atoms with Crippen molar-refractivity contribution in [2.45, 2.75) is 59.2 Å². The quantitative estimate of drug-likeness (QED) is 0.449. The van der Waals surface area contributed by atoms with Crippen molar-refractivity contribution >= 4 is 11.2 Å². The Morgan fingerprint density at radius 3 is 2.38 bits per heavy atom. The van der Waals surface area contributed by atoms with E-state index in [2.05, 4.69) is 20.1 Å². The maximum Gasteiger partial charge on any atom is 0.332 e. The van der Waals surface area contributed by atoms with Crippen LogP contribution in [0.1, 0.15) is 46.4 Å². The van der Waals surface area contributed by atoms with Gasteiger partial charge in [-0.2, -0.15) is 4.98 Å². The number of fused-ring (bicyclic) bond motifs is 1. The lowest BCUT2D eigenvalue weighted by molar-refractivity contribution is 0.0692. The Morgan fingerprint density at radius 2 is 1.75 bits per heavy atom. The van der Waals surface area contributed by atoms with Crippen LogP contribution in [0.2, 0.25) is 0 Å². The molecule has 4 rings (SSSR count). The molecule has 3 heterocycles. The first-order chi connectivity index (χ1) is 15.4. The van der Waals surface area contributed by atoms with E-state index in [1.54, 1.807) is 16.7 Å². The van der Waals surface area contributed by atoms with Gasteiger partial charge in [-0.15, -0.1) is 0 Å². The topological polar surface area (TPSA) is 121 Å². The van der Waals surface area contributed by atoms with Gasteiger partial charge in [0.05, 0.1) is 0 Å². The van der Waals surface area contributed by atoms with E-state index in [4.69, 9.17) is 9.26 Å². The van der Waals surface area contributed by atoms with Crippen molar-refractivity contribution in [1.82, 2.24) is 29.2 Å². The molecule has 0 aliphatic carbocycles. The van der Waals surface area contributed by atoms with Crippen molar-refractivity contribution in [3.05, 3.63) is 57.3 Å². The largest absolute Gasteiger partial charge is 0.478 e. The minimum absolute atomic E-state index is 0.323. The van der Waals surface area contributed by atoms with E-state index >= 15 is 0 Å². The number of hydrogen-bond acceptors (Lipinski definition) is 7. The lowest BCUT2D eigenvalue weighted by atomic mass is 10.1. The zero-order valence-electron chi connectivity index (χ0n) is 18.6. The minimum atomic E-state index is -0.794. The molecule has 0 bridgehead atoms. The highest BCUT2D eigenvalue weighted by Crippen LogP contribution is 2.28. The van der Waals surface area contributed by atoms with Crippen LogP contribution in [0.4, 0.5) is 0 Å². The minimum Gasteiger partial charge on any atom is -0.478 e. The van der Waals surface area contributed by atoms with Crippen molar-refractivity contribution in [3.63, 3.8) is 0 Å². The lowest BCUT2D eigenvalue weighted by Crippen LogP contribution is -2.40. The Morgan fingerprint density at radius 1 is 1.06 bits per heavy atom. The van der Waals surface area contributed by atoms with E-state index in [1.807, 2.05) is 39.8 Å². The van der Waals surface area contributed by atoms with Gasteiger partial charge in [-0.05, 0) is 51.0 Å². The number of aromatic amines is 1. The van der Waals surface area contributed by atoms with Crippen LogP contribution in [0.25, 0.3) is 22.6 Å². The summed E-state index contributed by atoms with van der Waals surface area (Å²) in [5, 5.41) is 3.63. The SMILES string of the molecule is CCCn1c(=O)c2[nH]c(-c3ccc(OC(C)(C)c4ncno4)cc3)nc2n(CCC)c1=O. The third-order valence-corrected chi connectivity index (χ3v) is 5.13. The summed E-state index contributed by atoms with van der Waals surface area (Å²) in [6, 6.07) is 7.28. The molecule has 0 unspecified atom stereocenters. The number of imidazole rings is 1. The number of H-pyrrole nitrogens is 1. The lowest BCUT2D eigenvalue weighted by Gasteiger charge is -2.22. The number of aryl methyl sites for hydroxylation is 1. The fraction of sp³-hybridized carbons (Fsp3) is 0.409. The predicted molar refractivity (Wildman–Crippen MR) is 119 cm³/mol. The number of nitrogens with one attached hydrogen (secondary N) is 1. The first-order valence-electron chi connectivity index (χ1n) is 10.7. The molecule has 0 amide bonds. The van der Waals surface area contributed by atoms with Crippen molar-refractivity contribution in [2.75, 3.05) is 0 Å². The molecular formula is C22H26N6O4. The second-order valence-corrected chi connectivity index (χ2v) is 8.06. The molecule has 0 saturated carbocycles. The highest BCUT2D eigenvalue weighted by Gasteiger charge is 2.28. The number of nitrogens with zero attached hydrogens (tertiary/aromatic N) is 5. The van der Waals surface area contributed by atoms with Gasteiger partial charge in [0.1, 0.15) is 17.1 Å². The van der Waals surface area contributed by atoms with Gasteiger partial charge in [-0.3, -0.25) is 13.9 Å². The summed E-state index contributed by atoms with van der Waals surface area (Å²) in [4.78, 5) is 37.5. The summed E-state index contributed by atoms with van der Waals surface area (Å²) < 4.78 is 14.0. The molecule has 0 spiro atoms. The molecule has 168 valence electrons. The van der Waals surface area contributed by atoms with E-state index < -0.39 is 5.60 Å². The van der Waals surface area contributed by atoms with E-state index in [9.17, 15) is 9.59 Å². The highest BCUT2D eigenvalue weighted by atomic mass is 16.5. The van der Waals surface area contributed by atoms with Gasteiger partial charge >= 0.3 is 5.69 Å². The molecule has 1 N–H and O–H groups in total. The third-order valence-electron chi connectivity index (χ3n) is 5.13. The summed E-state index contributed by atoms with van der Waals surface area (Å²) in [5.74, 6) is 1.50. The van der Waals surface area contributed by atoms with Gasteiger partial charge < -0.3 is 14.2 Å². The standard InChI is InChI=1S/C22H26N6O4/c1-5-11-27-18-16(19(29)28(12-6-2)21(27)30)25-17(26-18)14-7-9-15(10-8-14)31-22(3,4)20-23-13-24-32-20/h7-10,13H,5-6,11-12H2,1-4H3,(H,25,26). The molecule has 10 heteroatoms. The van der Waals surface area contributed by atoms with Gasteiger partial charge in [0.25, 0.3) is 11.4 Å². The van der Waals surface area contributed by atoms with Crippen LogP contribution in [0, 0.1) is 0 Å². The first kappa shape index (κ1) is 21.5. The maximum absolute atomic E-state index is 12.9. The fourth-order valence-corrected chi connectivity index (χ4v) is 3.61.